The van der Waals surface area contributed by atoms with Crippen molar-refractivity contribution in [2.24, 2.45) is 0 Å². The number of para-hydroxylation sites is 1. The number of nitriles is 1. The summed E-state index contributed by atoms with van der Waals surface area (Å²) in [7, 11) is 0. The summed E-state index contributed by atoms with van der Waals surface area (Å²) < 4.78 is 7.68. The molecule has 2 heterocycles. The van der Waals surface area contributed by atoms with Crippen LogP contribution in [0, 0.1) is 35.3 Å². The Labute approximate surface area is 207 Å². The molecule has 9 heteroatoms. The van der Waals surface area contributed by atoms with Crippen LogP contribution in [-0.4, -0.2) is 20.4 Å². The van der Waals surface area contributed by atoms with Gasteiger partial charge in [0, 0.05) is 34.9 Å². The minimum atomic E-state index is -0.522. The molecule has 0 radical (unpaired) electrons. The normalized spacial score (nSPS) is 11.0. The van der Waals surface area contributed by atoms with Gasteiger partial charge >= 0.3 is 0 Å². The van der Waals surface area contributed by atoms with Crippen LogP contribution in [0.2, 0.25) is 0 Å². The molecule has 1 N–H and O–H groups in total. The van der Waals surface area contributed by atoms with Crippen LogP contribution in [0.3, 0.4) is 0 Å². The van der Waals surface area contributed by atoms with Gasteiger partial charge in [-0.1, -0.05) is 18.2 Å². The van der Waals surface area contributed by atoms with Gasteiger partial charge in [0.2, 0.25) is 5.88 Å². The number of rotatable bonds is 7. The highest BCUT2D eigenvalue weighted by Gasteiger charge is 2.14. The van der Waals surface area contributed by atoms with E-state index in [9.17, 15) is 20.2 Å². The van der Waals surface area contributed by atoms with Gasteiger partial charge in [-0.25, -0.2) is 4.98 Å². The lowest BCUT2D eigenvalue weighted by Gasteiger charge is -2.11. The minimum absolute atomic E-state index is 0.00144. The highest BCUT2D eigenvalue weighted by molar-refractivity contribution is 6.09. The topological polar surface area (TPSA) is 123 Å². The van der Waals surface area contributed by atoms with Gasteiger partial charge in [0.15, 0.2) is 0 Å². The van der Waals surface area contributed by atoms with E-state index in [-0.39, 0.29) is 17.1 Å². The molecule has 0 saturated heterocycles. The van der Waals surface area contributed by atoms with Crippen LogP contribution in [0.15, 0.2) is 84.6 Å². The predicted octanol–water partition coefficient (Wildman–Crippen LogP) is 5.74. The maximum absolute atomic E-state index is 12.6. The van der Waals surface area contributed by atoms with Crippen molar-refractivity contribution in [3.8, 4) is 23.4 Å². The number of hydrogen-bond donors (Lipinski definition) is 1. The summed E-state index contributed by atoms with van der Waals surface area (Å²) in [6, 6.07) is 22.9. The Morgan fingerprint density at radius 3 is 2.44 bits per heavy atom. The van der Waals surface area contributed by atoms with Crippen molar-refractivity contribution < 1.29 is 14.5 Å². The van der Waals surface area contributed by atoms with Crippen molar-refractivity contribution in [2.45, 2.75) is 13.8 Å². The van der Waals surface area contributed by atoms with E-state index in [1.165, 1.54) is 12.1 Å². The fourth-order valence-corrected chi connectivity index (χ4v) is 3.68. The van der Waals surface area contributed by atoms with Gasteiger partial charge in [0.25, 0.3) is 11.6 Å². The van der Waals surface area contributed by atoms with Crippen LogP contribution in [0.25, 0.3) is 11.8 Å². The number of nitrogens with one attached hydrogen (secondary N) is 1. The standard InChI is InChI=1S/C27H21N5O4/c1-18-14-20(15-21(16-28)27(33)30-22-6-4-3-5-7-22)19(2)31(18)23-8-11-25(12-9-23)36-26-13-10-24(17-29-26)32(34)35/h3-15,17H,1-2H3,(H,30,33)/b21-15-. The quantitative estimate of drug-likeness (QED) is 0.156. The molecule has 0 unspecified atom stereocenters. The molecule has 0 fully saturated rings. The van der Waals surface area contributed by atoms with Crippen LogP contribution in [0.4, 0.5) is 11.4 Å². The maximum Gasteiger partial charge on any atom is 0.287 e. The fourth-order valence-electron chi connectivity index (χ4n) is 3.68. The summed E-state index contributed by atoms with van der Waals surface area (Å²) in [5, 5.41) is 23.1. The zero-order chi connectivity index (χ0) is 25.7. The van der Waals surface area contributed by atoms with Crippen molar-refractivity contribution in [3.63, 3.8) is 0 Å². The van der Waals surface area contributed by atoms with Gasteiger partial charge in [-0.15, -0.1) is 0 Å². The number of carbonyl (C=O) groups is 1. The average Bonchev–Trinajstić information content (AvgIpc) is 3.16. The first kappa shape index (κ1) is 23.9. The van der Waals surface area contributed by atoms with Gasteiger partial charge in [-0.05, 0) is 68.0 Å². The highest BCUT2D eigenvalue weighted by atomic mass is 16.6. The number of carbonyl (C=O) groups excluding carboxylic acids is 1. The van der Waals surface area contributed by atoms with Gasteiger partial charge in [0.1, 0.15) is 23.6 Å². The fraction of sp³-hybridized carbons (Fsp3) is 0.0741. The third-order valence-electron chi connectivity index (χ3n) is 5.42. The van der Waals surface area contributed by atoms with Crippen molar-refractivity contribution in [2.75, 3.05) is 5.32 Å². The summed E-state index contributed by atoms with van der Waals surface area (Å²) in [5.74, 6) is 0.286. The molecule has 1 amide bonds. The van der Waals surface area contributed by atoms with Crippen LogP contribution in [0.5, 0.6) is 11.6 Å². The van der Waals surface area contributed by atoms with Crippen molar-refractivity contribution >= 4 is 23.4 Å². The zero-order valence-corrected chi connectivity index (χ0v) is 19.5. The molecule has 0 aliphatic rings. The highest BCUT2D eigenvalue weighted by Crippen LogP contribution is 2.26. The van der Waals surface area contributed by atoms with Crippen LogP contribution < -0.4 is 10.1 Å². The summed E-state index contributed by atoms with van der Waals surface area (Å²) in [4.78, 5) is 26.8. The molecule has 2 aromatic carbocycles. The predicted molar refractivity (Wildman–Crippen MR) is 135 cm³/mol. The van der Waals surface area contributed by atoms with E-state index in [0.717, 1.165) is 28.8 Å². The molecule has 0 aliphatic carbocycles. The number of aryl methyl sites for hydroxylation is 1. The van der Waals surface area contributed by atoms with E-state index < -0.39 is 10.8 Å². The molecule has 0 saturated carbocycles. The van der Waals surface area contributed by atoms with Gasteiger partial charge in [-0.2, -0.15) is 5.26 Å². The number of anilines is 1. The van der Waals surface area contributed by atoms with E-state index in [1.54, 1.807) is 42.5 Å². The molecule has 4 rings (SSSR count). The Morgan fingerprint density at radius 1 is 1.11 bits per heavy atom. The number of nitrogens with zero attached hydrogens (tertiary/aromatic N) is 4. The molecule has 4 aromatic rings. The van der Waals surface area contributed by atoms with E-state index in [2.05, 4.69) is 10.3 Å². The van der Waals surface area contributed by atoms with Crippen LogP contribution in [0.1, 0.15) is 17.0 Å². The van der Waals surface area contributed by atoms with E-state index in [0.29, 0.717) is 11.4 Å². The first-order valence-corrected chi connectivity index (χ1v) is 10.9. The second-order valence-corrected chi connectivity index (χ2v) is 7.86. The maximum atomic E-state index is 12.6. The van der Waals surface area contributed by atoms with Gasteiger partial charge < -0.3 is 14.6 Å². The molecule has 0 aliphatic heterocycles. The first-order valence-electron chi connectivity index (χ1n) is 10.9. The molecule has 9 nitrogen and oxygen atoms in total. The van der Waals surface area contributed by atoms with Gasteiger partial charge in [0.05, 0.1) is 4.92 Å². The second-order valence-electron chi connectivity index (χ2n) is 7.86. The van der Waals surface area contributed by atoms with E-state index in [1.807, 2.05) is 48.7 Å². The SMILES string of the molecule is Cc1cc(/C=C(/C#N)C(=O)Nc2ccccc2)c(C)n1-c1ccc(Oc2ccc([N+](=O)[O-])cn2)cc1. The molecule has 0 bridgehead atoms. The second kappa shape index (κ2) is 10.4. The number of ether oxygens (including phenoxy) is 1. The Hall–Kier alpha value is -5.23. The zero-order valence-electron chi connectivity index (χ0n) is 19.5. The summed E-state index contributed by atoms with van der Waals surface area (Å²) in [6.07, 6.45) is 2.72. The minimum Gasteiger partial charge on any atom is -0.439 e. The van der Waals surface area contributed by atoms with Gasteiger partial charge in [-0.3, -0.25) is 14.9 Å². The summed E-state index contributed by atoms with van der Waals surface area (Å²) >= 11 is 0. The lowest BCUT2D eigenvalue weighted by Crippen LogP contribution is -2.13. The number of nitro groups is 1. The lowest BCUT2D eigenvalue weighted by atomic mass is 10.1. The Morgan fingerprint density at radius 2 is 1.83 bits per heavy atom. The number of aromatic nitrogens is 2. The van der Waals surface area contributed by atoms with E-state index >= 15 is 0 Å². The molecule has 178 valence electrons. The van der Waals surface area contributed by atoms with Crippen molar-refractivity contribution in [1.29, 1.82) is 5.26 Å². The Kier molecular flexibility index (Phi) is 6.88. The van der Waals surface area contributed by atoms with E-state index in [4.69, 9.17) is 4.74 Å². The Balaban J connectivity index is 1.54. The lowest BCUT2D eigenvalue weighted by molar-refractivity contribution is -0.385. The van der Waals surface area contributed by atoms with Crippen LogP contribution in [-0.2, 0) is 4.79 Å². The molecule has 36 heavy (non-hydrogen) atoms. The molecular formula is C27H21N5O4. The third-order valence-corrected chi connectivity index (χ3v) is 5.42. The number of pyridine rings is 1. The molecule has 0 atom stereocenters. The Bertz CT molecular complexity index is 1480. The third kappa shape index (κ3) is 5.29. The molecule has 2 aromatic heterocycles. The number of hydrogen-bond acceptors (Lipinski definition) is 6. The summed E-state index contributed by atoms with van der Waals surface area (Å²) in [5.41, 5.74) is 3.89. The van der Waals surface area contributed by atoms with Crippen molar-refractivity contribution in [3.05, 3.63) is 112 Å². The first-order chi connectivity index (χ1) is 17.4. The molecule has 0 spiro atoms. The van der Waals surface area contributed by atoms with Crippen LogP contribution >= 0.6 is 0 Å². The molecular weight excluding hydrogens is 458 g/mol. The number of amides is 1. The number of benzene rings is 2. The monoisotopic (exact) mass is 479 g/mol. The largest absolute Gasteiger partial charge is 0.439 e. The van der Waals surface area contributed by atoms with Crippen molar-refractivity contribution in [1.82, 2.24) is 9.55 Å². The smallest absolute Gasteiger partial charge is 0.287 e. The average molecular weight is 479 g/mol. The summed E-state index contributed by atoms with van der Waals surface area (Å²) in [6.45, 7) is 3.85.